The lowest BCUT2D eigenvalue weighted by molar-refractivity contribution is -0.124. The van der Waals surface area contributed by atoms with Gasteiger partial charge in [-0.3, -0.25) is 4.79 Å². The van der Waals surface area contributed by atoms with E-state index in [1.54, 1.807) is 12.1 Å². The molecule has 0 aliphatic carbocycles. The van der Waals surface area contributed by atoms with E-state index in [2.05, 4.69) is 26.6 Å². The molecule has 0 heterocycles. The SMILES string of the molecule is CNCC(C)C(=O)NC(C)Cc1ccc(Br)cc1F. The molecule has 0 bridgehead atoms. The van der Waals surface area contributed by atoms with Gasteiger partial charge in [0.15, 0.2) is 0 Å². The molecule has 1 rings (SSSR count). The smallest absolute Gasteiger partial charge is 0.224 e. The second-order valence-corrected chi connectivity index (χ2v) is 5.72. The second kappa shape index (κ2) is 7.60. The third-order valence-corrected chi connectivity index (χ3v) is 3.38. The van der Waals surface area contributed by atoms with Crippen LogP contribution in [-0.2, 0) is 11.2 Å². The molecule has 0 spiro atoms. The summed E-state index contributed by atoms with van der Waals surface area (Å²) in [5.74, 6) is -0.361. The summed E-state index contributed by atoms with van der Waals surface area (Å²) in [6.45, 7) is 4.37. The molecule has 0 fully saturated rings. The van der Waals surface area contributed by atoms with Crippen molar-refractivity contribution < 1.29 is 9.18 Å². The normalized spacial score (nSPS) is 13.9. The summed E-state index contributed by atoms with van der Waals surface area (Å²) >= 11 is 3.22. The molecule has 19 heavy (non-hydrogen) atoms. The zero-order valence-electron chi connectivity index (χ0n) is 11.5. The van der Waals surface area contributed by atoms with E-state index < -0.39 is 0 Å². The maximum absolute atomic E-state index is 13.7. The van der Waals surface area contributed by atoms with Crippen LogP contribution in [0.25, 0.3) is 0 Å². The first-order valence-electron chi connectivity index (χ1n) is 6.33. The number of hydrogen-bond donors (Lipinski definition) is 2. The van der Waals surface area contributed by atoms with Crippen LogP contribution in [0.4, 0.5) is 4.39 Å². The fraction of sp³-hybridized carbons (Fsp3) is 0.500. The molecule has 2 N–H and O–H groups in total. The lowest BCUT2D eigenvalue weighted by Gasteiger charge is -2.17. The highest BCUT2D eigenvalue weighted by Crippen LogP contribution is 2.16. The van der Waals surface area contributed by atoms with Crippen LogP contribution in [0.15, 0.2) is 22.7 Å². The van der Waals surface area contributed by atoms with Crippen LogP contribution in [-0.4, -0.2) is 25.5 Å². The minimum atomic E-state index is -0.251. The van der Waals surface area contributed by atoms with Gasteiger partial charge in [0.1, 0.15) is 5.82 Å². The summed E-state index contributed by atoms with van der Waals surface area (Å²) in [6.07, 6.45) is 0.483. The Hall–Kier alpha value is -0.940. The van der Waals surface area contributed by atoms with Gasteiger partial charge in [-0.25, -0.2) is 4.39 Å². The van der Waals surface area contributed by atoms with Gasteiger partial charge < -0.3 is 10.6 Å². The predicted molar refractivity (Wildman–Crippen MR) is 78.5 cm³/mol. The van der Waals surface area contributed by atoms with E-state index >= 15 is 0 Å². The Morgan fingerprint density at radius 2 is 2.11 bits per heavy atom. The van der Waals surface area contributed by atoms with E-state index in [-0.39, 0.29) is 23.7 Å². The minimum absolute atomic E-state index is 0.0145. The Bertz CT molecular complexity index is 439. The molecule has 2 atom stereocenters. The van der Waals surface area contributed by atoms with Crippen molar-refractivity contribution in [2.45, 2.75) is 26.3 Å². The predicted octanol–water partition coefficient (Wildman–Crippen LogP) is 2.49. The number of carbonyl (C=O) groups excluding carboxylic acids is 1. The van der Waals surface area contributed by atoms with Gasteiger partial charge >= 0.3 is 0 Å². The number of rotatable bonds is 6. The van der Waals surface area contributed by atoms with Gasteiger partial charge in [0.05, 0.1) is 0 Å². The second-order valence-electron chi connectivity index (χ2n) is 4.81. The number of benzene rings is 1. The van der Waals surface area contributed by atoms with Crippen LogP contribution in [0, 0.1) is 11.7 Å². The largest absolute Gasteiger partial charge is 0.353 e. The summed E-state index contributed by atoms with van der Waals surface area (Å²) in [5, 5.41) is 5.86. The maximum Gasteiger partial charge on any atom is 0.224 e. The van der Waals surface area contributed by atoms with Crippen molar-refractivity contribution >= 4 is 21.8 Å². The van der Waals surface area contributed by atoms with E-state index in [0.717, 1.165) is 0 Å². The van der Waals surface area contributed by atoms with Crippen LogP contribution in [0.3, 0.4) is 0 Å². The van der Waals surface area contributed by atoms with Crippen molar-refractivity contribution in [3.05, 3.63) is 34.1 Å². The Labute approximate surface area is 122 Å². The standard InChI is InChI=1S/C14H20BrFN2O/c1-9(8-17-3)14(19)18-10(2)6-11-4-5-12(15)7-13(11)16/h4-5,7,9-10,17H,6,8H2,1-3H3,(H,18,19). The van der Waals surface area contributed by atoms with Gasteiger partial charge in [0.25, 0.3) is 0 Å². The summed E-state index contributed by atoms with van der Waals surface area (Å²) in [6, 6.07) is 4.88. The third-order valence-electron chi connectivity index (χ3n) is 2.89. The molecular weight excluding hydrogens is 311 g/mol. The van der Waals surface area contributed by atoms with Crippen LogP contribution in [0.1, 0.15) is 19.4 Å². The number of carbonyl (C=O) groups is 1. The van der Waals surface area contributed by atoms with E-state index in [1.165, 1.54) is 6.07 Å². The molecule has 0 radical (unpaired) electrons. The van der Waals surface area contributed by atoms with Gasteiger partial charge in [-0.05, 0) is 38.1 Å². The minimum Gasteiger partial charge on any atom is -0.353 e. The zero-order chi connectivity index (χ0) is 14.4. The van der Waals surface area contributed by atoms with Crippen molar-refractivity contribution in [2.75, 3.05) is 13.6 Å². The first-order valence-corrected chi connectivity index (χ1v) is 7.12. The van der Waals surface area contributed by atoms with Crippen molar-refractivity contribution in [3.8, 4) is 0 Å². The fourth-order valence-corrected chi connectivity index (χ4v) is 2.19. The van der Waals surface area contributed by atoms with Crippen LogP contribution in [0.2, 0.25) is 0 Å². The average Bonchev–Trinajstić information content (AvgIpc) is 2.33. The first-order chi connectivity index (χ1) is 8.93. The number of amides is 1. The molecule has 1 amide bonds. The molecule has 106 valence electrons. The summed E-state index contributed by atoms with van der Waals surface area (Å²) in [4.78, 5) is 11.8. The molecule has 1 aromatic carbocycles. The van der Waals surface area contributed by atoms with E-state index in [4.69, 9.17) is 0 Å². The van der Waals surface area contributed by atoms with Gasteiger partial charge in [-0.15, -0.1) is 0 Å². The van der Waals surface area contributed by atoms with Crippen molar-refractivity contribution in [1.82, 2.24) is 10.6 Å². The van der Waals surface area contributed by atoms with Gasteiger partial charge in [-0.2, -0.15) is 0 Å². The monoisotopic (exact) mass is 330 g/mol. The van der Waals surface area contributed by atoms with E-state index in [9.17, 15) is 9.18 Å². The van der Waals surface area contributed by atoms with Crippen LogP contribution >= 0.6 is 15.9 Å². The van der Waals surface area contributed by atoms with E-state index in [1.807, 2.05) is 20.9 Å². The zero-order valence-corrected chi connectivity index (χ0v) is 13.1. The summed E-state index contributed by atoms with van der Waals surface area (Å²) < 4.78 is 14.4. The molecule has 5 heteroatoms. The summed E-state index contributed by atoms with van der Waals surface area (Å²) in [5.41, 5.74) is 0.609. The van der Waals surface area contributed by atoms with Crippen molar-refractivity contribution in [1.29, 1.82) is 0 Å². The quantitative estimate of drug-likeness (QED) is 0.841. The van der Waals surface area contributed by atoms with Gasteiger partial charge in [0.2, 0.25) is 5.91 Å². The lowest BCUT2D eigenvalue weighted by Crippen LogP contribution is -2.40. The Kier molecular flexibility index (Phi) is 6.45. The van der Waals surface area contributed by atoms with E-state index in [0.29, 0.717) is 23.0 Å². The highest BCUT2D eigenvalue weighted by atomic mass is 79.9. The highest BCUT2D eigenvalue weighted by molar-refractivity contribution is 9.10. The Morgan fingerprint density at radius 3 is 2.68 bits per heavy atom. The lowest BCUT2D eigenvalue weighted by atomic mass is 10.1. The molecular formula is C14H20BrFN2O. The van der Waals surface area contributed by atoms with Gasteiger partial charge in [0, 0.05) is 23.0 Å². The molecule has 0 aromatic heterocycles. The number of hydrogen-bond acceptors (Lipinski definition) is 2. The van der Waals surface area contributed by atoms with Gasteiger partial charge in [-0.1, -0.05) is 28.9 Å². The number of nitrogens with one attached hydrogen (secondary N) is 2. The van der Waals surface area contributed by atoms with Crippen molar-refractivity contribution in [3.63, 3.8) is 0 Å². The fourth-order valence-electron chi connectivity index (χ4n) is 1.85. The first kappa shape index (κ1) is 16.1. The molecule has 0 saturated heterocycles. The molecule has 0 aliphatic rings. The number of halogens is 2. The van der Waals surface area contributed by atoms with Crippen LogP contribution in [0.5, 0.6) is 0 Å². The molecule has 0 aliphatic heterocycles. The average molecular weight is 331 g/mol. The highest BCUT2D eigenvalue weighted by Gasteiger charge is 2.15. The van der Waals surface area contributed by atoms with Crippen molar-refractivity contribution in [2.24, 2.45) is 5.92 Å². The third kappa shape index (κ3) is 5.28. The molecule has 1 aromatic rings. The molecule has 2 unspecified atom stereocenters. The topological polar surface area (TPSA) is 41.1 Å². The Balaban J connectivity index is 2.55. The Morgan fingerprint density at radius 1 is 1.42 bits per heavy atom. The summed E-state index contributed by atoms with van der Waals surface area (Å²) in [7, 11) is 1.81. The molecule has 0 saturated carbocycles. The van der Waals surface area contributed by atoms with Crippen LogP contribution < -0.4 is 10.6 Å². The maximum atomic E-state index is 13.7. The molecule has 3 nitrogen and oxygen atoms in total.